The van der Waals surface area contributed by atoms with Crippen LogP contribution in [0, 0.1) is 0 Å². The van der Waals surface area contributed by atoms with Gasteiger partial charge in [-0.3, -0.25) is 0 Å². The predicted molar refractivity (Wildman–Crippen MR) is 100 cm³/mol. The third-order valence-electron chi connectivity index (χ3n) is 5.35. The Morgan fingerprint density at radius 1 is 1.00 bits per heavy atom. The van der Waals surface area contributed by atoms with E-state index in [1.807, 2.05) is 0 Å². The van der Waals surface area contributed by atoms with Gasteiger partial charge in [0.15, 0.2) is 0 Å². The fourth-order valence-electron chi connectivity index (χ4n) is 3.54. The Kier molecular flexibility index (Phi) is 5.96. The summed E-state index contributed by atoms with van der Waals surface area (Å²) in [5, 5.41) is 5.48. The number of carbonyl (C=O) groups is 1. The molecule has 2 aromatic carbocycles. The van der Waals surface area contributed by atoms with Gasteiger partial charge in [-0.05, 0) is 43.2 Å². The number of nitrogens with one attached hydrogen (secondary N) is 2. The van der Waals surface area contributed by atoms with Gasteiger partial charge in [-0.25, -0.2) is 4.79 Å². The highest BCUT2D eigenvalue weighted by Gasteiger charge is 2.46. The molecule has 2 aromatic rings. The highest BCUT2D eigenvalue weighted by Crippen LogP contribution is 2.38. The van der Waals surface area contributed by atoms with E-state index in [0.29, 0.717) is 17.7 Å². The van der Waals surface area contributed by atoms with Gasteiger partial charge in [0, 0.05) is 0 Å². The third kappa shape index (κ3) is 4.79. The van der Waals surface area contributed by atoms with E-state index in [2.05, 4.69) is 10.6 Å². The maximum absolute atomic E-state index is 13.1. The van der Waals surface area contributed by atoms with Gasteiger partial charge in [-0.2, -0.15) is 26.3 Å². The lowest BCUT2D eigenvalue weighted by molar-refractivity contribution is -0.143. The van der Waals surface area contributed by atoms with Crippen molar-refractivity contribution in [1.82, 2.24) is 10.6 Å². The second kappa shape index (κ2) is 8.07. The van der Waals surface area contributed by atoms with Crippen LogP contribution in [0.1, 0.15) is 42.2 Å². The lowest BCUT2D eigenvalue weighted by atomic mass is 9.85. The lowest BCUT2D eigenvalue weighted by Gasteiger charge is -2.34. The van der Waals surface area contributed by atoms with Gasteiger partial charge < -0.3 is 15.4 Å². The SMILES string of the molecule is C[C@H](OC[C@]1(c2ccccc2)NC(=O)N[C@@H]1C)c1cc(C(F)(F)F)cc(C(F)(F)F)c1. The van der Waals surface area contributed by atoms with Crippen LogP contribution < -0.4 is 10.6 Å². The lowest BCUT2D eigenvalue weighted by Crippen LogP contribution is -2.49. The summed E-state index contributed by atoms with van der Waals surface area (Å²) in [6.45, 7) is 2.92. The summed E-state index contributed by atoms with van der Waals surface area (Å²) in [5.41, 5.74) is -3.44. The molecule has 0 aliphatic carbocycles. The monoisotopic (exact) mass is 446 g/mol. The van der Waals surface area contributed by atoms with Crippen molar-refractivity contribution in [2.75, 3.05) is 6.61 Å². The van der Waals surface area contributed by atoms with Crippen molar-refractivity contribution < 1.29 is 35.9 Å². The summed E-state index contributed by atoms with van der Waals surface area (Å²) in [7, 11) is 0. The van der Waals surface area contributed by atoms with Crippen molar-refractivity contribution in [3.05, 3.63) is 70.8 Å². The van der Waals surface area contributed by atoms with E-state index in [9.17, 15) is 31.1 Å². The first kappa shape index (κ1) is 22.9. The minimum atomic E-state index is -4.95. The van der Waals surface area contributed by atoms with Crippen LogP contribution in [-0.4, -0.2) is 18.7 Å². The number of urea groups is 1. The average molecular weight is 446 g/mol. The summed E-state index contributed by atoms with van der Waals surface area (Å²) < 4.78 is 84.6. The highest BCUT2D eigenvalue weighted by molar-refractivity contribution is 5.79. The van der Waals surface area contributed by atoms with Gasteiger partial charge >= 0.3 is 18.4 Å². The molecule has 2 N–H and O–H groups in total. The van der Waals surface area contributed by atoms with E-state index in [-0.39, 0.29) is 18.2 Å². The van der Waals surface area contributed by atoms with Crippen LogP contribution in [0.15, 0.2) is 48.5 Å². The first-order valence-electron chi connectivity index (χ1n) is 9.38. The summed E-state index contributed by atoms with van der Waals surface area (Å²) in [4.78, 5) is 11.9. The Bertz CT molecular complexity index is 913. The van der Waals surface area contributed by atoms with Gasteiger partial charge in [-0.1, -0.05) is 30.3 Å². The van der Waals surface area contributed by atoms with Crippen molar-refractivity contribution in [3.8, 4) is 0 Å². The molecule has 1 aliphatic heterocycles. The third-order valence-corrected chi connectivity index (χ3v) is 5.35. The molecule has 1 aliphatic rings. The van der Waals surface area contributed by atoms with Crippen LogP contribution in [-0.2, 0) is 22.6 Å². The van der Waals surface area contributed by atoms with Crippen LogP contribution in [0.2, 0.25) is 0 Å². The number of ether oxygens (including phenoxy) is 1. The quantitative estimate of drug-likeness (QED) is 0.605. The van der Waals surface area contributed by atoms with Crippen LogP contribution in [0.3, 0.4) is 0 Å². The molecule has 0 spiro atoms. The molecule has 1 saturated heterocycles. The average Bonchev–Trinajstić information content (AvgIpc) is 2.99. The largest absolute Gasteiger partial charge is 0.416 e. The Morgan fingerprint density at radius 3 is 2.00 bits per heavy atom. The van der Waals surface area contributed by atoms with E-state index in [0.717, 1.165) is 0 Å². The van der Waals surface area contributed by atoms with Crippen LogP contribution in [0.4, 0.5) is 31.1 Å². The molecule has 0 saturated carbocycles. The maximum atomic E-state index is 13.1. The molecule has 2 amide bonds. The molecule has 0 unspecified atom stereocenters. The second-order valence-electron chi connectivity index (χ2n) is 7.45. The second-order valence-corrected chi connectivity index (χ2v) is 7.45. The molecule has 3 rings (SSSR count). The zero-order valence-corrected chi connectivity index (χ0v) is 16.6. The first-order valence-corrected chi connectivity index (χ1v) is 9.38. The zero-order valence-electron chi connectivity index (χ0n) is 16.6. The van der Waals surface area contributed by atoms with Gasteiger partial charge in [0.1, 0.15) is 5.54 Å². The maximum Gasteiger partial charge on any atom is 0.416 e. The van der Waals surface area contributed by atoms with Crippen molar-refractivity contribution in [2.24, 2.45) is 0 Å². The Labute approximate surface area is 174 Å². The van der Waals surface area contributed by atoms with E-state index in [4.69, 9.17) is 4.74 Å². The molecule has 1 fully saturated rings. The van der Waals surface area contributed by atoms with E-state index < -0.39 is 47.2 Å². The fourth-order valence-corrected chi connectivity index (χ4v) is 3.54. The van der Waals surface area contributed by atoms with Gasteiger partial charge in [0.25, 0.3) is 0 Å². The van der Waals surface area contributed by atoms with Crippen LogP contribution in [0.25, 0.3) is 0 Å². The Balaban J connectivity index is 1.92. The minimum Gasteiger partial charge on any atom is -0.371 e. The normalized spacial score (nSPS) is 22.7. The van der Waals surface area contributed by atoms with Gasteiger partial charge in [0.2, 0.25) is 0 Å². The van der Waals surface area contributed by atoms with Crippen LogP contribution in [0.5, 0.6) is 0 Å². The van der Waals surface area contributed by atoms with E-state index in [1.165, 1.54) is 6.92 Å². The first-order chi connectivity index (χ1) is 14.3. The summed E-state index contributed by atoms with van der Waals surface area (Å²) in [6, 6.07) is 9.25. The number of alkyl halides is 6. The summed E-state index contributed by atoms with van der Waals surface area (Å²) >= 11 is 0. The Hall–Kier alpha value is -2.75. The predicted octanol–water partition coefficient (Wildman–Crippen LogP) is 5.40. The molecular formula is C21H20F6N2O2. The Morgan fingerprint density at radius 2 is 1.55 bits per heavy atom. The molecule has 3 atom stereocenters. The van der Waals surface area contributed by atoms with Crippen molar-refractivity contribution >= 4 is 6.03 Å². The van der Waals surface area contributed by atoms with Crippen molar-refractivity contribution in [1.29, 1.82) is 0 Å². The molecular weight excluding hydrogens is 426 g/mol. The molecule has 1 heterocycles. The van der Waals surface area contributed by atoms with E-state index >= 15 is 0 Å². The molecule has 10 heteroatoms. The fraction of sp³-hybridized carbons (Fsp3) is 0.381. The summed E-state index contributed by atoms with van der Waals surface area (Å²) in [6.07, 6.45) is -11.0. The van der Waals surface area contributed by atoms with Crippen molar-refractivity contribution in [2.45, 2.75) is 43.9 Å². The molecule has 0 bridgehead atoms. The van der Waals surface area contributed by atoms with Crippen molar-refractivity contribution in [3.63, 3.8) is 0 Å². The minimum absolute atomic E-state index is 0.0743. The summed E-state index contributed by atoms with van der Waals surface area (Å²) in [5.74, 6) is 0. The molecule has 0 radical (unpaired) electrons. The number of halogens is 6. The zero-order chi connectivity index (χ0) is 23.0. The molecule has 0 aromatic heterocycles. The highest BCUT2D eigenvalue weighted by atomic mass is 19.4. The van der Waals surface area contributed by atoms with Gasteiger partial charge in [0.05, 0.1) is 29.9 Å². The topological polar surface area (TPSA) is 50.4 Å². The molecule has 31 heavy (non-hydrogen) atoms. The van der Waals surface area contributed by atoms with Crippen LogP contribution >= 0.6 is 0 Å². The smallest absolute Gasteiger partial charge is 0.371 e. The number of amides is 2. The number of benzene rings is 2. The molecule has 168 valence electrons. The number of hydrogen-bond donors (Lipinski definition) is 2. The number of rotatable bonds is 5. The van der Waals surface area contributed by atoms with E-state index in [1.54, 1.807) is 37.3 Å². The molecule has 4 nitrogen and oxygen atoms in total. The number of hydrogen-bond acceptors (Lipinski definition) is 2. The van der Waals surface area contributed by atoms with Gasteiger partial charge in [-0.15, -0.1) is 0 Å². The number of carbonyl (C=O) groups excluding carboxylic acids is 1. The standard InChI is InChI=1S/C21H20F6N2O2/c1-12(14-8-16(20(22,23)24)10-17(9-14)21(25,26)27)31-11-19(13(2)28-18(30)29-19)15-6-4-3-5-7-15/h3-10,12-13H,11H2,1-2H3,(H2,28,29,30)/t12-,13+,19-/m0/s1.